The van der Waals surface area contributed by atoms with Gasteiger partial charge in [-0.25, -0.2) is 5.90 Å². The van der Waals surface area contributed by atoms with Crippen LogP contribution in [0.25, 0.3) is 0 Å². The molecular weight excluding hydrogens is 128 g/mol. The van der Waals surface area contributed by atoms with Crippen molar-refractivity contribution < 1.29 is 4.84 Å². The van der Waals surface area contributed by atoms with Gasteiger partial charge >= 0.3 is 0 Å². The van der Waals surface area contributed by atoms with Gasteiger partial charge in [-0.15, -0.1) is 0 Å². The molecule has 0 bridgehead atoms. The molecule has 1 atom stereocenters. The maximum atomic E-state index is 5.03. The Morgan fingerprint density at radius 2 is 2.40 bits per heavy atom. The minimum absolute atomic E-state index is 0.189. The molecule has 0 aliphatic carbocycles. The van der Waals surface area contributed by atoms with Crippen LogP contribution in [-0.2, 0) is 4.84 Å². The molecule has 0 radical (unpaired) electrons. The van der Waals surface area contributed by atoms with Crippen molar-refractivity contribution >= 4 is 0 Å². The minimum Gasteiger partial charge on any atom is -0.303 e. The zero-order valence-electron chi connectivity index (χ0n) is 6.76. The summed E-state index contributed by atoms with van der Waals surface area (Å²) < 4.78 is 0. The van der Waals surface area contributed by atoms with E-state index in [0.29, 0.717) is 6.61 Å². The predicted octanol–water partition coefficient (Wildman–Crippen LogP) is 0.361. The van der Waals surface area contributed by atoms with Gasteiger partial charge in [-0.3, -0.25) is 4.90 Å². The lowest BCUT2D eigenvalue weighted by Crippen LogP contribution is -2.43. The first-order valence-electron chi connectivity index (χ1n) is 3.72. The lowest BCUT2D eigenvalue weighted by molar-refractivity contribution is 0.0356. The van der Waals surface area contributed by atoms with Crippen molar-refractivity contribution in [2.45, 2.75) is 25.3 Å². The second-order valence-corrected chi connectivity index (χ2v) is 3.33. The molecule has 1 heterocycles. The second-order valence-electron chi connectivity index (χ2n) is 3.33. The van der Waals surface area contributed by atoms with E-state index in [0.717, 1.165) is 0 Å². The number of nitrogens with two attached hydrogens (primary N) is 1. The van der Waals surface area contributed by atoms with E-state index in [4.69, 9.17) is 5.90 Å². The van der Waals surface area contributed by atoms with Gasteiger partial charge < -0.3 is 4.84 Å². The van der Waals surface area contributed by atoms with Crippen LogP contribution < -0.4 is 5.90 Å². The van der Waals surface area contributed by atoms with E-state index in [9.17, 15) is 0 Å². The van der Waals surface area contributed by atoms with Gasteiger partial charge in [0.2, 0.25) is 0 Å². The summed E-state index contributed by atoms with van der Waals surface area (Å²) in [4.78, 5) is 6.96. The Hall–Kier alpha value is -0.120. The summed E-state index contributed by atoms with van der Waals surface area (Å²) in [6.07, 6.45) is 2.46. The zero-order valence-corrected chi connectivity index (χ0v) is 6.76. The highest BCUT2D eigenvalue weighted by Crippen LogP contribution is 2.26. The number of likely N-dealkylation sites (tertiary alicyclic amines) is 1. The van der Waals surface area contributed by atoms with Crippen LogP contribution in [-0.4, -0.2) is 30.6 Å². The van der Waals surface area contributed by atoms with Gasteiger partial charge in [-0.05, 0) is 33.4 Å². The highest BCUT2D eigenvalue weighted by molar-refractivity contribution is 4.89. The van der Waals surface area contributed by atoms with E-state index in [1.807, 2.05) is 0 Å². The summed E-state index contributed by atoms with van der Waals surface area (Å²) in [5, 5.41) is 0. The molecule has 1 aliphatic rings. The van der Waals surface area contributed by atoms with Crippen LogP contribution in [0.4, 0.5) is 0 Å². The van der Waals surface area contributed by atoms with Crippen LogP contribution in [0.15, 0.2) is 0 Å². The first-order valence-corrected chi connectivity index (χ1v) is 3.72. The van der Waals surface area contributed by atoms with E-state index in [-0.39, 0.29) is 5.54 Å². The van der Waals surface area contributed by atoms with Crippen LogP contribution >= 0.6 is 0 Å². The van der Waals surface area contributed by atoms with Crippen molar-refractivity contribution in [3.05, 3.63) is 0 Å². The summed E-state index contributed by atoms with van der Waals surface area (Å²) in [6.45, 7) is 4.00. The monoisotopic (exact) mass is 144 g/mol. The molecule has 0 aromatic carbocycles. The Bertz CT molecular complexity index is 118. The Labute approximate surface area is 62.1 Å². The molecule has 0 aromatic heterocycles. The standard InChI is InChI=1S/C7H16N2O/c1-7(6-10-8)4-3-5-9(7)2/h3-6,8H2,1-2H3/t7-/m0/s1. The normalized spacial score (nSPS) is 35.1. The van der Waals surface area contributed by atoms with E-state index < -0.39 is 0 Å². The van der Waals surface area contributed by atoms with Crippen molar-refractivity contribution in [3.8, 4) is 0 Å². The third kappa shape index (κ3) is 1.31. The van der Waals surface area contributed by atoms with Crippen molar-refractivity contribution in [1.82, 2.24) is 4.90 Å². The Morgan fingerprint density at radius 3 is 2.80 bits per heavy atom. The van der Waals surface area contributed by atoms with E-state index in [1.165, 1.54) is 19.4 Å². The molecule has 2 N–H and O–H groups in total. The molecule has 3 heteroatoms. The average Bonchev–Trinajstić information content (AvgIpc) is 2.15. The topological polar surface area (TPSA) is 38.5 Å². The van der Waals surface area contributed by atoms with E-state index in [1.54, 1.807) is 0 Å². The van der Waals surface area contributed by atoms with Crippen LogP contribution in [0.1, 0.15) is 19.8 Å². The smallest absolute Gasteiger partial charge is 0.0860 e. The second kappa shape index (κ2) is 2.86. The molecule has 1 fully saturated rings. The largest absolute Gasteiger partial charge is 0.303 e. The first kappa shape index (κ1) is 7.98. The maximum absolute atomic E-state index is 5.03. The highest BCUT2D eigenvalue weighted by atomic mass is 16.6. The van der Waals surface area contributed by atoms with Gasteiger partial charge in [0, 0.05) is 5.54 Å². The lowest BCUT2D eigenvalue weighted by atomic mass is 10.0. The van der Waals surface area contributed by atoms with Gasteiger partial charge in [0.15, 0.2) is 0 Å². The van der Waals surface area contributed by atoms with Crippen LogP contribution in [0, 0.1) is 0 Å². The molecule has 1 rings (SSSR count). The zero-order chi connectivity index (χ0) is 7.61. The molecule has 0 amide bonds. The number of rotatable bonds is 2. The van der Waals surface area contributed by atoms with Crippen molar-refractivity contribution in [2.24, 2.45) is 5.90 Å². The first-order chi connectivity index (χ1) is 4.69. The van der Waals surface area contributed by atoms with E-state index >= 15 is 0 Å². The molecule has 1 saturated heterocycles. The third-order valence-corrected chi connectivity index (χ3v) is 2.52. The lowest BCUT2D eigenvalue weighted by Gasteiger charge is -2.30. The fourth-order valence-corrected chi connectivity index (χ4v) is 1.52. The molecule has 0 aromatic rings. The molecule has 1 aliphatic heterocycles. The van der Waals surface area contributed by atoms with Crippen molar-refractivity contribution in [3.63, 3.8) is 0 Å². The summed E-state index contributed by atoms with van der Waals surface area (Å²) in [5.41, 5.74) is 0.189. The molecule has 10 heavy (non-hydrogen) atoms. The summed E-state index contributed by atoms with van der Waals surface area (Å²) >= 11 is 0. The third-order valence-electron chi connectivity index (χ3n) is 2.52. The fraction of sp³-hybridized carbons (Fsp3) is 1.00. The van der Waals surface area contributed by atoms with Gasteiger partial charge in [0.1, 0.15) is 0 Å². The number of likely N-dealkylation sites (N-methyl/N-ethyl adjacent to an activating group) is 1. The maximum Gasteiger partial charge on any atom is 0.0860 e. The Morgan fingerprint density at radius 1 is 1.70 bits per heavy atom. The molecule has 0 unspecified atom stereocenters. The fourth-order valence-electron chi connectivity index (χ4n) is 1.52. The van der Waals surface area contributed by atoms with Gasteiger partial charge in [0.05, 0.1) is 6.61 Å². The minimum atomic E-state index is 0.189. The van der Waals surface area contributed by atoms with Crippen LogP contribution in [0.3, 0.4) is 0 Å². The van der Waals surface area contributed by atoms with Crippen LogP contribution in [0.5, 0.6) is 0 Å². The van der Waals surface area contributed by atoms with Crippen molar-refractivity contribution in [2.75, 3.05) is 20.2 Å². The summed E-state index contributed by atoms with van der Waals surface area (Å²) in [5.74, 6) is 5.03. The predicted molar refractivity (Wildman–Crippen MR) is 40.4 cm³/mol. The van der Waals surface area contributed by atoms with Crippen molar-refractivity contribution in [1.29, 1.82) is 0 Å². The molecule has 0 spiro atoms. The molecule has 60 valence electrons. The van der Waals surface area contributed by atoms with Crippen LogP contribution in [0.2, 0.25) is 0 Å². The Balaban J connectivity index is 2.48. The average molecular weight is 144 g/mol. The summed E-state index contributed by atoms with van der Waals surface area (Å²) in [7, 11) is 2.12. The Kier molecular flexibility index (Phi) is 2.28. The molecular formula is C7H16N2O. The quantitative estimate of drug-likeness (QED) is 0.569. The molecule has 0 saturated carbocycles. The van der Waals surface area contributed by atoms with Gasteiger partial charge in [-0.2, -0.15) is 0 Å². The number of hydrogen-bond donors (Lipinski definition) is 1. The highest BCUT2D eigenvalue weighted by Gasteiger charge is 2.33. The number of nitrogens with zero attached hydrogens (tertiary/aromatic N) is 1. The van der Waals surface area contributed by atoms with Gasteiger partial charge in [0.25, 0.3) is 0 Å². The molecule has 3 nitrogen and oxygen atoms in total. The van der Waals surface area contributed by atoms with Gasteiger partial charge in [-0.1, -0.05) is 0 Å². The summed E-state index contributed by atoms with van der Waals surface area (Å²) in [6, 6.07) is 0. The van der Waals surface area contributed by atoms with E-state index in [2.05, 4.69) is 23.7 Å². The SMILES string of the molecule is CN1CCC[C@@]1(C)CON. The number of hydrogen-bond acceptors (Lipinski definition) is 3.